The summed E-state index contributed by atoms with van der Waals surface area (Å²) in [5.74, 6) is 1.000. The summed E-state index contributed by atoms with van der Waals surface area (Å²) in [6.45, 7) is 4.10. The van der Waals surface area contributed by atoms with Gasteiger partial charge in [0.1, 0.15) is 0 Å². The van der Waals surface area contributed by atoms with E-state index >= 15 is 0 Å². The van der Waals surface area contributed by atoms with Gasteiger partial charge in [0.05, 0.1) is 7.11 Å². The molecule has 0 aliphatic carbocycles. The van der Waals surface area contributed by atoms with E-state index in [1.807, 2.05) is 30.3 Å². The minimum Gasteiger partial charge on any atom is -0.493 e. The number of amides is 1. The molecule has 2 aromatic rings. The molecule has 2 aromatic carbocycles. The van der Waals surface area contributed by atoms with Crippen LogP contribution in [0.5, 0.6) is 11.5 Å². The van der Waals surface area contributed by atoms with Crippen LogP contribution in [0.4, 0.5) is 5.69 Å². The maximum Gasteiger partial charge on any atom is 0.262 e. The zero-order valence-electron chi connectivity index (χ0n) is 13.9. The third-order valence-electron chi connectivity index (χ3n) is 3.69. The number of hydrogen-bond donors (Lipinski definition) is 1. The first-order valence-electron chi connectivity index (χ1n) is 7.86. The van der Waals surface area contributed by atoms with Gasteiger partial charge in [-0.3, -0.25) is 4.79 Å². The fourth-order valence-electron chi connectivity index (χ4n) is 2.46. The highest BCUT2D eigenvalue weighted by molar-refractivity contribution is 5.93. The molecule has 0 fully saturated rings. The molecule has 0 saturated heterocycles. The average Bonchev–Trinajstić information content (AvgIpc) is 2.60. The number of ether oxygens (including phenoxy) is 2. The normalized spacial score (nSPS) is 10.2. The van der Waals surface area contributed by atoms with Crippen LogP contribution in [0.3, 0.4) is 0 Å². The Bertz CT molecular complexity index is 645. The summed E-state index contributed by atoms with van der Waals surface area (Å²) in [6, 6.07) is 13.4. The number of hydrogen-bond acceptors (Lipinski definition) is 3. The predicted octanol–water partition coefficient (Wildman–Crippen LogP) is 3.84. The van der Waals surface area contributed by atoms with Crippen molar-refractivity contribution in [3.63, 3.8) is 0 Å². The Morgan fingerprint density at radius 3 is 2.13 bits per heavy atom. The molecule has 0 heterocycles. The van der Waals surface area contributed by atoms with Crippen molar-refractivity contribution in [1.82, 2.24) is 0 Å². The number of anilines is 1. The first kappa shape index (κ1) is 16.9. The molecule has 2 rings (SSSR count). The summed E-state index contributed by atoms with van der Waals surface area (Å²) >= 11 is 0. The van der Waals surface area contributed by atoms with Gasteiger partial charge in [-0.2, -0.15) is 0 Å². The van der Waals surface area contributed by atoms with Crippen LogP contribution < -0.4 is 14.8 Å². The summed E-state index contributed by atoms with van der Waals surface area (Å²) in [6.07, 6.45) is 1.74. The second-order valence-corrected chi connectivity index (χ2v) is 5.15. The van der Waals surface area contributed by atoms with Gasteiger partial charge in [0, 0.05) is 5.69 Å². The summed E-state index contributed by atoms with van der Waals surface area (Å²) in [7, 11) is 1.58. The predicted molar refractivity (Wildman–Crippen MR) is 92.3 cm³/mol. The molecule has 0 atom stereocenters. The Morgan fingerprint density at radius 1 is 0.957 bits per heavy atom. The first-order chi connectivity index (χ1) is 11.2. The van der Waals surface area contributed by atoms with Crippen LogP contribution in [-0.2, 0) is 17.6 Å². The maximum absolute atomic E-state index is 12.2. The van der Waals surface area contributed by atoms with E-state index in [1.165, 1.54) is 0 Å². The lowest BCUT2D eigenvalue weighted by atomic mass is 10.0. The van der Waals surface area contributed by atoms with Gasteiger partial charge in [0.15, 0.2) is 18.1 Å². The quantitative estimate of drug-likeness (QED) is 0.845. The van der Waals surface area contributed by atoms with Crippen molar-refractivity contribution in [3.05, 3.63) is 53.6 Å². The van der Waals surface area contributed by atoms with Crippen molar-refractivity contribution in [2.45, 2.75) is 26.7 Å². The molecule has 0 saturated carbocycles. The van der Waals surface area contributed by atoms with Gasteiger partial charge >= 0.3 is 0 Å². The van der Waals surface area contributed by atoms with Crippen LogP contribution in [0.2, 0.25) is 0 Å². The smallest absolute Gasteiger partial charge is 0.262 e. The zero-order valence-corrected chi connectivity index (χ0v) is 13.9. The van der Waals surface area contributed by atoms with E-state index in [2.05, 4.69) is 19.2 Å². The van der Waals surface area contributed by atoms with E-state index < -0.39 is 0 Å². The largest absolute Gasteiger partial charge is 0.493 e. The zero-order chi connectivity index (χ0) is 16.7. The van der Waals surface area contributed by atoms with Crippen molar-refractivity contribution in [3.8, 4) is 11.5 Å². The highest BCUT2D eigenvalue weighted by Crippen LogP contribution is 2.26. The lowest BCUT2D eigenvalue weighted by molar-refractivity contribution is -0.118. The Hall–Kier alpha value is -2.49. The Morgan fingerprint density at radius 2 is 1.57 bits per heavy atom. The van der Waals surface area contributed by atoms with E-state index in [1.54, 1.807) is 19.2 Å². The monoisotopic (exact) mass is 313 g/mol. The molecule has 0 radical (unpaired) electrons. The maximum atomic E-state index is 12.2. The van der Waals surface area contributed by atoms with Crippen LogP contribution in [0, 0.1) is 0 Å². The molecule has 0 aliphatic rings. The Labute approximate surface area is 137 Å². The van der Waals surface area contributed by atoms with Crippen molar-refractivity contribution in [1.29, 1.82) is 0 Å². The van der Waals surface area contributed by atoms with Gasteiger partial charge in [0.2, 0.25) is 0 Å². The Kier molecular flexibility index (Phi) is 6.03. The molecular weight excluding hydrogens is 290 g/mol. The molecular formula is C19H23NO3. The molecule has 0 unspecified atom stereocenters. The second kappa shape index (κ2) is 8.22. The number of nitrogens with one attached hydrogen (secondary N) is 1. The van der Waals surface area contributed by atoms with Crippen LogP contribution >= 0.6 is 0 Å². The van der Waals surface area contributed by atoms with E-state index in [0.717, 1.165) is 29.7 Å². The van der Waals surface area contributed by atoms with E-state index in [4.69, 9.17) is 9.47 Å². The highest BCUT2D eigenvalue weighted by Gasteiger charge is 2.11. The molecule has 0 aliphatic heterocycles. The van der Waals surface area contributed by atoms with Gasteiger partial charge in [-0.05, 0) is 36.1 Å². The van der Waals surface area contributed by atoms with Crippen molar-refractivity contribution < 1.29 is 14.3 Å². The van der Waals surface area contributed by atoms with Crippen LogP contribution in [0.1, 0.15) is 25.0 Å². The average molecular weight is 313 g/mol. The molecule has 0 spiro atoms. The fourth-order valence-corrected chi connectivity index (χ4v) is 2.46. The number of aryl methyl sites for hydroxylation is 2. The van der Waals surface area contributed by atoms with E-state index in [-0.39, 0.29) is 12.5 Å². The standard InChI is InChI=1S/C19H23NO3/c1-4-14-9-8-10-15(5-2)19(14)20-18(21)13-23-17-12-7-6-11-16(17)22-3/h6-12H,4-5,13H2,1-3H3,(H,20,21). The van der Waals surface area contributed by atoms with E-state index in [9.17, 15) is 4.79 Å². The second-order valence-electron chi connectivity index (χ2n) is 5.15. The van der Waals surface area contributed by atoms with Gasteiger partial charge in [0.25, 0.3) is 5.91 Å². The number of rotatable bonds is 7. The van der Waals surface area contributed by atoms with Gasteiger partial charge in [-0.15, -0.1) is 0 Å². The SMILES string of the molecule is CCc1cccc(CC)c1NC(=O)COc1ccccc1OC. The lowest BCUT2D eigenvalue weighted by Crippen LogP contribution is -2.22. The number of carbonyl (C=O) groups excluding carboxylic acids is 1. The summed E-state index contributed by atoms with van der Waals surface area (Å²) in [4.78, 5) is 12.2. The van der Waals surface area contributed by atoms with Crippen LogP contribution in [-0.4, -0.2) is 19.6 Å². The molecule has 0 aromatic heterocycles. The molecule has 1 N–H and O–H groups in total. The van der Waals surface area contributed by atoms with Gasteiger partial charge in [-0.25, -0.2) is 0 Å². The van der Waals surface area contributed by atoms with E-state index in [0.29, 0.717) is 11.5 Å². The van der Waals surface area contributed by atoms with Gasteiger partial charge in [-0.1, -0.05) is 44.2 Å². The number of carbonyl (C=O) groups is 1. The van der Waals surface area contributed by atoms with Crippen molar-refractivity contribution >= 4 is 11.6 Å². The van der Waals surface area contributed by atoms with Crippen LogP contribution in [0.15, 0.2) is 42.5 Å². The molecule has 122 valence electrons. The Balaban J connectivity index is 2.06. The lowest BCUT2D eigenvalue weighted by Gasteiger charge is -2.15. The number of para-hydroxylation sites is 3. The fraction of sp³-hybridized carbons (Fsp3) is 0.316. The molecule has 4 nitrogen and oxygen atoms in total. The highest BCUT2D eigenvalue weighted by atomic mass is 16.5. The third-order valence-corrected chi connectivity index (χ3v) is 3.69. The molecule has 1 amide bonds. The van der Waals surface area contributed by atoms with Crippen molar-refractivity contribution in [2.75, 3.05) is 19.0 Å². The number of methoxy groups -OCH3 is 1. The molecule has 23 heavy (non-hydrogen) atoms. The van der Waals surface area contributed by atoms with Crippen molar-refractivity contribution in [2.24, 2.45) is 0 Å². The minimum atomic E-state index is -0.175. The summed E-state index contributed by atoms with van der Waals surface area (Å²) in [5.41, 5.74) is 3.18. The van der Waals surface area contributed by atoms with Crippen LogP contribution in [0.25, 0.3) is 0 Å². The summed E-state index contributed by atoms with van der Waals surface area (Å²) < 4.78 is 10.8. The third kappa shape index (κ3) is 4.25. The molecule has 4 heteroatoms. The van der Waals surface area contributed by atoms with Gasteiger partial charge < -0.3 is 14.8 Å². The molecule has 0 bridgehead atoms. The summed E-state index contributed by atoms with van der Waals surface area (Å²) in [5, 5.41) is 2.98. The topological polar surface area (TPSA) is 47.6 Å². The minimum absolute atomic E-state index is 0.0540. The first-order valence-corrected chi connectivity index (χ1v) is 7.86. The number of benzene rings is 2.